The maximum atomic E-state index is 14.7. The number of ether oxygens (including phenoxy) is 1. The molecule has 1 fully saturated rings. The molecule has 6 nitrogen and oxygen atoms in total. The molecule has 3 rings (SSSR count). The average molecular weight is 443 g/mol. The van der Waals surface area contributed by atoms with Crippen LogP contribution in [-0.4, -0.2) is 49.5 Å². The first kappa shape index (κ1) is 23.9. The number of nitrogens with zero attached hydrogens (tertiary/aromatic N) is 2. The molecule has 0 radical (unpaired) electrons. The highest BCUT2D eigenvalue weighted by Gasteiger charge is 2.19. The summed E-state index contributed by atoms with van der Waals surface area (Å²) in [4.78, 5) is 6.60. The molecule has 1 unspecified atom stereocenters. The molecule has 0 spiro atoms. The Labute approximate surface area is 190 Å². The van der Waals surface area contributed by atoms with Gasteiger partial charge in [0.25, 0.3) is 0 Å². The van der Waals surface area contributed by atoms with E-state index < -0.39 is 0 Å². The third-order valence-electron chi connectivity index (χ3n) is 5.56. The van der Waals surface area contributed by atoms with Crippen LogP contribution in [0.25, 0.3) is 0 Å². The van der Waals surface area contributed by atoms with E-state index in [0.717, 1.165) is 23.4 Å². The molecular weight excluding hydrogens is 407 g/mol. The number of aryl methyl sites for hydroxylation is 1. The van der Waals surface area contributed by atoms with Crippen LogP contribution in [0.3, 0.4) is 0 Å². The molecule has 0 amide bonds. The van der Waals surface area contributed by atoms with Gasteiger partial charge in [-0.1, -0.05) is 24.3 Å². The van der Waals surface area contributed by atoms with E-state index in [2.05, 4.69) is 15.6 Å². The van der Waals surface area contributed by atoms with Crippen molar-refractivity contribution in [3.63, 3.8) is 0 Å². The summed E-state index contributed by atoms with van der Waals surface area (Å²) in [6, 6.07) is 13.2. The standard InChI is InChI=1S/C25H35FN4O2/c1-4-27-25(28-16-19(3)32-24-8-6-5-7-18(24)2)29-17-20-9-10-23(22(26)15-20)30-13-11-21(31)12-14-30/h5-10,15,19,21,31H,4,11-14,16-17H2,1-3H3,(H2,27,28,29). The van der Waals surface area contributed by atoms with Crippen LogP contribution in [0.5, 0.6) is 5.75 Å². The van der Waals surface area contributed by atoms with E-state index >= 15 is 0 Å². The van der Waals surface area contributed by atoms with Gasteiger partial charge >= 0.3 is 0 Å². The van der Waals surface area contributed by atoms with E-state index in [0.29, 0.717) is 50.7 Å². The van der Waals surface area contributed by atoms with Crippen LogP contribution >= 0.6 is 0 Å². The molecule has 1 atom stereocenters. The highest BCUT2D eigenvalue weighted by atomic mass is 19.1. The minimum atomic E-state index is -0.273. The third kappa shape index (κ3) is 6.85. The summed E-state index contributed by atoms with van der Waals surface area (Å²) in [6.07, 6.45) is 1.04. The Kier molecular flexibility index (Phi) is 8.73. The van der Waals surface area contributed by atoms with E-state index in [1.54, 1.807) is 6.07 Å². The lowest BCUT2D eigenvalue weighted by molar-refractivity contribution is 0.145. The van der Waals surface area contributed by atoms with Gasteiger partial charge in [0, 0.05) is 19.6 Å². The Bertz CT molecular complexity index is 897. The quantitative estimate of drug-likeness (QED) is 0.430. The topological polar surface area (TPSA) is 69.1 Å². The number of anilines is 1. The Morgan fingerprint density at radius 2 is 1.97 bits per heavy atom. The molecular formula is C25H35FN4O2. The van der Waals surface area contributed by atoms with E-state index in [-0.39, 0.29) is 18.0 Å². The summed E-state index contributed by atoms with van der Waals surface area (Å²) < 4.78 is 20.7. The number of guanidine groups is 1. The van der Waals surface area contributed by atoms with Crippen LogP contribution < -0.4 is 20.3 Å². The Balaban J connectivity index is 1.56. The predicted octanol–water partition coefficient (Wildman–Crippen LogP) is 3.62. The summed E-state index contributed by atoms with van der Waals surface area (Å²) in [6.45, 7) is 9.09. The van der Waals surface area contributed by atoms with Crippen LogP contribution in [0.1, 0.15) is 37.8 Å². The minimum absolute atomic E-state index is 0.0419. The number of hydrogen-bond acceptors (Lipinski definition) is 4. The predicted molar refractivity (Wildman–Crippen MR) is 128 cm³/mol. The van der Waals surface area contributed by atoms with E-state index in [1.165, 1.54) is 0 Å². The molecule has 0 aliphatic carbocycles. The molecule has 3 N–H and O–H groups in total. The van der Waals surface area contributed by atoms with Crippen LogP contribution in [0.4, 0.5) is 10.1 Å². The van der Waals surface area contributed by atoms with Gasteiger partial charge in [-0.05, 0) is 62.9 Å². The van der Waals surface area contributed by atoms with Gasteiger partial charge in [0.2, 0.25) is 0 Å². The second-order valence-corrected chi connectivity index (χ2v) is 8.27. The highest BCUT2D eigenvalue weighted by molar-refractivity contribution is 5.79. The lowest BCUT2D eigenvalue weighted by Gasteiger charge is -2.31. The zero-order chi connectivity index (χ0) is 22.9. The SMILES string of the molecule is CCNC(=NCc1ccc(N2CCC(O)CC2)c(F)c1)NCC(C)Oc1ccccc1C. The van der Waals surface area contributed by atoms with Crippen molar-refractivity contribution in [2.24, 2.45) is 4.99 Å². The number of para-hydroxylation sites is 1. The van der Waals surface area contributed by atoms with Crippen molar-refractivity contribution in [3.05, 3.63) is 59.4 Å². The summed E-state index contributed by atoms with van der Waals surface area (Å²) in [5.41, 5.74) is 2.51. The van der Waals surface area contributed by atoms with Gasteiger partial charge in [0.1, 0.15) is 17.7 Å². The number of rotatable bonds is 8. The molecule has 32 heavy (non-hydrogen) atoms. The zero-order valence-electron chi connectivity index (χ0n) is 19.3. The fourth-order valence-corrected chi connectivity index (χ4v) is 3.71. The third-order valence-corrected chi connectivity index (χ3v) is 5.56. The van der Waals surface area contributed by atoms with Crippen molar-refractivity contribution in [2.45, 2.75) is 52.4 Å². The molecule has 1 saturated heterocycles. The Morgan fingerprint density at radius 1 is 1.22 bits per heavy atom. The average Bonchev–Trinajstić information content (AvgIpc) is 2.78. The van der Waals surface area contributed by atoms with Gasteiger partial charge in [0.15, 0.2) is 5.96 Å². The number of nitrogens with one attached hydrogen (secondary N) is 2. The van der Waals surface area contributed by atoms with Crippen LogP contribution in [0.2, 0.25) is 0 Å². The second kappa shape index (κ2) is 11.7. The van der Waals surface area contributed by atoms with Crippen molar-refractivity contribution >= 4 is 11.6 Å². The van der Waals surface area contributed by atoms with Crippen molar-refractivity contribution in [1.29, 1.82) is 0 Å². The summed E-state index contributed by atoms with van der Waals surface area (Å²) in [7, 11) is 0. The fourth-order valence-electron chi connectivity index (χ4n) is 3.71. The number of aliphatic hydroxyl groups is 1. The number of aliphatic imine (C=N–C) groups is 1. The molecule has 174 valence electrons. The molecule has 0 aromatic heterocycles. The Morgan fingerprint density at radius 3 is 2.66 bits per heavy atom. The maximum Gasteiger partial charge on any atom is 0.191 e. The van der Waals surface area contributed by atoms with Crippen LogP contribution in [0, 0.1) is 12.7 Å². The van der Waals surface area contributed by atoms with Crippen LogP contribution in [-0.2, 0) is 6.54 Å². The first-order chi connectivity index (χ1) is 15.5. The number of halogens is 1. The number of aliphatic hydroxyl groups excluding tert-OH is 1. The lowest BCUT2D eigenvalue weighted by atomic mass is 10.1. The fraction of sp³-hybridized carbons (Fsp3) is 0.480. The van der Waals surface area contributed by atoms with Gasteiger partial charge in [-0.3, -0.25) is 0 Å². The van der Waals surface area contributed by atoms with Crippen molar-refractivity contribution < 1.29 is 14.2 Å². The zero-order valence-corrected chi connectivity index (χ0v) is 19.3. The van der Waals surface area contributed by atoms with Gasteiger partial charge in [-0.25, -0.2) is 9.38 Å². The van der Waals surface area contributed by atoms with E-state index in [9.17, 15) is 9.50 Å². The number of hydrogen-bond donors (Lipinski definition) is 3. The van der Waals surface area contributed by atoms with Gasteiger partial charge in [0.05, 0.1) is 24.9 Å². The molecule has 1 aliphatic rings. The summed E-state index contributed by atoms with van der Waals surface area (Å²) in [5.74, 6) is 1.30. The molecule has 2 aromatic rings. The van der Waals surface area contributed by atoms with Crippen molar-refractivity contribution in [1.82, 2.24) is 10.6 Å². The summed E-state index contributed by atoms with van der Waals surface area (Å²) in [5, 5.41) is 16.2. The van der Waals surface area contributed by atoms with Gasteiger partial charge in [-0.2, -0.15) is 0 Å². The Hall–Kier alpha value is -2.80. The molecule has 1 heterocycles. The largest absolute Gasteiger partial charge is 0.489 e. The molecule has 0 saturated carbocycles. The van der Waals surface area contributed by atoms with Crippen molar-refractivity contribution in [2.75, 3.05) is 31.1 Å². The van der Waals surface area contributed by atoms with Crippen LogP contribution in [0.15, 0.2) is 47.5 Å². The highest BCUT2D eigenvalue weighted by Crippen LogP contribution is 2.24. The first-order valence-corrected chi connectivity index (χ1v) is 11.4. The van der Waals surface area contributed by atoms with E-state index in [4.69, 9.17) is 4.74 Å². The maximum absolute atomic E-state index is 14.7. The second-order valence-electron chi connectivity index (χ2n) is 8.27. The molecule has 7 heteroatoms. The number of benzene rings is 2. The first-order valence-electron chi connectivity index (χ1n) is 11.4. The van der Waals surface area contributed by atoms with Crippen molar-refractivity contribution in [3.8, 4) is 5.75 Å². The molecule has 2 aromatic carbocycles. The molecule has 0 bridgehead atoms. The van der Waals surface area contributed by atoms with Gasteiger partial charge < -0.3 is 25.4 Å². The van der Waals surface area contributed by atoms with Gasteiger partial charge in [-0.15, -0.1) is 0 Å². The normalized spacial score (nSPS) is 16.0. The smallest absolute Gasteiger partial charge is 0.191 e. The monoisotopic (exact) mass is 442 g/mol. The number of piperidine rings is 1. The van der Waals surface area contributed by atoms with E-state index in [1.807, 2.05) is 62.1 Å². The summed E-state index contributed by atoms with van der Waals surface area (Å²) >= 11 is 0. The molecule has 1 aliphatic heterocycles. The minimum Gasteiger partial charge on any atom is -0.489 e. The lowest BCUT2D eigenvalue weighted by Crippen LogP contribution is -2.41.